The number of hydrogen-bond donors (Lipinski definition) is 1. The summed E-state index contributed by atoms with van der Waals surface area (Å²) in [6.45, 7) is 4.20. The first-order valence-corrected chi connectivity index (χ1v) is 10.5. The van der Waals surface area contributed by atoms with Crippen LogP contribution in [-0.2, 0) is 4.79 Å². The van der Waals surface area contributed by atoms with Crippen LogP contribution >= 0.6 is 11.6 Å². The molecule has 0 aromatic heterocycles. The first-order chi connectivity index (χ1) is 15.3. The van der Waals surface area contributed by atoms with Crippen LogP contribution in [0.15, 0.2) is 60.7 Å². The molecular weight excluding hydrogens is 428 g/mol. The molecule has 0 bridgehead atoms. The average Bonchev–Trinajstić information content (AvgIpc) is 3.01. The van der Waals surface area contributed by atoms with Gasteiger partial charge in [0.25, 0.3) is 11.8 Å². The van der Waals surface area contributed by atoms with Crippen molar-refractivity contribution in [1.29, 1.82) is 0 Å². The van der Waals surface area contributed by atoms with Crippen LogP contribution in [0.1, 0.15) is 38.3 Å². The first kappa shape index (κ1) is 21.6. The molecule has 32 heavy (non-hydrogen) atoms. The number of imide groups is 1. The largest absolute Gasteiger partial charge is 0.493 e. The van der Waals surface area contributed by atoms with Crippen molar-refractivity contribution in [2.75, 3.05) is 16.8 Å². The lowest BCUT2D eigenvalue weighted by Crippen LogP contribution is -2.29. The molecule has 0 fully saturated rings. The number of aryl methyl sites for hydroxylation is 2. The predicted molar refractivity (Wildman–Crippen MR) is 124 cm³/mol. The molecule has 1 N–H and O–H groups in total. The molecule has 1 aliphatic heterocycles. The molecule has 0 saturated carbocycles. The molecule has 0 atom stereocenters. The summed E-state index contributed by atoms with van der Waals surface area (Å²) in [5, 5.41) is 2.94. The zero-order chi connectivity index (χ0) is 22.8. The number of hydrogen-bond acceptors (Lipinski definition) is 4. The van der Waals surface area contributed by atoms with Crippen LogP contribution in [0, 0.1) is 13.8 Å². The minimum atomic E-state index is -0.423. The SMILES string of the molecule is Cc1ccc(OCCC(=O)Nc2ccc(N3C(=O)c4ccccc4C3=O)c(Cl)c2)c(C)c1. The van der Waals surface area contributed by atoms with Gasteiger partial charge in [0.15, 0.2) is 0 Å². The number of rotatable bonds is 6. The summed E-state index contributed by atoms with van der Waals surface area (Å²) >= 11 is 6.36. The molecule has 7 heteroatoms. The Bertz CT molecular complexity index is 1200. The number of amides is 3. The summed E-state index contributed by atoms with van der Waals surface area (Å²) in [7, 11) is 0. The number of fused-ring (bicyclic) bond motifs is 1. The zero-order valence-electron chi connectivity index (χ0n) is 17.6. The van der Waals surface area contributed by atoms with E-state index in [0.717, 1.165) is 21.8 Å². The number of anilines is 2. The molecular formula is C25H21ClN2O4. The minimum absolute atomic E-state index is 0.158. The van der Waals surface area contributed by atoms with Gasteiger partial charge in [0.05, 0.1) is 34.9 Å². The Morgan fingerprint density at radius 1 is 0.969 bits per heavy atom. The normalized spacial score (nSPS) is 12.7. The number of ether oxygens (including phenoxy) is 1. The molecule has 0 spiro atoms. The van der Waals surface area contributed by atoms with Crippen LogP contribution in [0.25, 0.3) is 0 Å². The summed E-state index contributed by atoms with van der Waals surface area (Å²) in [6.07, 6.45) is 0.158. The van der Waals surface area contributed by atoms with Gasteiger partial charge in [-0.15, -0.1) is 0 Å². The van der Waals surface area contributed by atoms with E-state index in [9.17, 15) is 14.4 Å². The van der Waals surface area contributed by atoms with E-state index >= 15 is 0 Å². The van der Waals surface area contributed by atoms with E-state index in [1.54, 1.807) is 36.4 Å². The summed E-state index contributed by atoms with van der Waals surface area (Å²) in [5.41, 5.74) is 3.58. The average molecular weight is 449 g/mol. The van der Waals surface area contributed by atoms with Gasteiger partial charge in [0, 0.05) is 5.69 Å². The minimum Gasteiger partial charge on any atom is -0.493 e. The second-order valence-corrected chi connectivity index (χ2v) is 7.98. The van der Waals surface area contributed by atoms with Gasteiger partial charge in [-0.05, 0) is 55.8 Å². The maximum Gasteiger partial charge on any atom is 0.266 e. The van der Waals surface area contributed by atoms with Gasteiger partial charge in [0.1, 0.15) is 5.75 Å². The Kier molecular flexibility index (Phi) is 5.97. The molecule has 0 aliphatic carbocycles. The quantitative estimate of drug-likeness (QED) is 0.528. The van der Waals surface area contributed by atoms with Crippen molar-refractivity contribution >= 4 is 40.7 Å². The van der Waals surface area contributed by atoms with Crippen molar-refractivity contribution in [2.24, 2.45) is 0 Å². The molecule has 0 saturated heterocycles. The van der Waals surface area contributed by atoms with Crippen molar-refractivity contribution in [3.63, 3.8) is 0 Å². The highest BCUT2D eigenvalue weighted by Crippen LogP contribution is 2.34. The van der Waals surface area contributed by atoms with E-state index in [1.165, 1.54) is 6.07 Å². The number of nitrogens with zero attached hydrogens (tertiary/aromatic N) is 1. The van der Waals surface area contributed by atoms with E-state index in [-0.39, 0.29) is 29.6 Å². The fourth-order valence-electron chi connectivity index (χ4n) is 3.61. The van der Waals surface area contributed by atoms with Crippen LogP contribution < -0.4 is 15.0 Å². The lowest BCUT2D eigenvalue weighted by atomic mass is 10.1. The van der Waals surface area contributed by atoms with Crippen molar-refractivity contribution < 1.29 is 19.1 Å². The van der Waals surface area contributed by atoms with Crippen LogP contribution in [0.3, 0.4) is 0 Å². The van der Waals surface area contributed by atoms with Crippen molar-refractivity contribution in [3.8, 4) is 5.75 Å². The predicted octanol–water partition coefficient (Wildman–Crippen LogP) is 5.17. The van der Waals surface area contributed by atoms with E-state index in [4.69, 9.17) is 16.3 Å². The number of nitrogens with one attached hydrogen (secondary N) is 1. The maximum atomic E-state index is 12.7. The molecule has 3 aromatic rings. The molecule has 6 nitrogen and oxygen atoms in total. The van der Waals surface area contributed by atoms with Gasteiger partial charge in [-0.25, -0.2) is 4.90 Å². The number of benzene rings is 3. The van der Waals surface area contributed by atoms with Gasteiger partial charge < -0.3 is 10.1 Å². The van der Waals surface area contributed by atoms with Crippen molar-refractivity contribution in [2.45, 2.75) is 20.3 Å². The van der Waals surface area contributed by atoms with Crippen molar-refractivity contribution in [1.82, 2.24) is 0 Å². The van der Waals surface area contributed by atoms with Gasteiger partial charge >= 0.3 is 0 Å². The highest BCUT2D eigenvalue weighted by Gasteiger charge is 2.37. The van der Waals surface area contributed by atoms with E-state index < -0.39 is 11.8 Å². The molecule has 3 amide bonds. The summed E-state index contributed by atoms with van der Waals surface area (Å²) < 4.78 is 5.70. The monoisotopic (exact) mass is 448 g/mol. The fraction of sp³-hybridized carbons (Fsp3) is 0.160. The van der Waals surface area contributed by atoms with Crippen LogP contribution in [-0.4, -0.2) is 24.3 Å². The molecule has 1 heterocycles. The van der Waals surface area contributed by atoms with Crippen LogP contribution in [0.4, 0.5) is 11.4 Å². The molecule has 3 aromatic carbocycles. The summed E-state index contributed by atoms with van der Waals surface area (Å²) in [6, 6.07) is 17.2. The Morgan fingerprint density at radius 2 is 1.66 bits per heavy atom. The van der Waals surface area contributed by atoms with E-state index in [0.29, 0.717) is 16.8 Å². The number of carbonyl (C=O) groups excluding carboxylic acids is 3. The van der Waals surface area contributed by atoms with Gasteiger partial charge in [0.2, 0.25) is 5.91 Å². The van der Waals surface area contributed by atoms with Crippen LogP contribution in [0.2, 0.25) is 5.02 Å². The third-order valence-electron chi connectivity index (χ3n) is 5.18. The third kappa shape index (κ3) is 4.22. The standard InChI is InChI=1S/C25H21ClN2O4/c1-15-7-10-22(16(2)13-15)32-12-11-23(29)27-17-8-9-21(20(26)14-17)28-24(30)18-5-3-4-6-19(18)25(28)31/h3-10,13-14H,11-12H2,1-2H3,(H,27,29). The zero-order valence-corrected chi connectivity index (χ0v) is 18.4. The van der Waals surface area contributed by atoms with Gasteiger partial charge in [-0.3, -0.25) is 14.4 Å². The Labute approximate surface area is 190 Å². The molecule has 0 radical (unpaired) electrons. The van der Waals surface area contributed by atoms with Crippen molar-refractivity contribution in [3.05, 3.63) is 87.9 Å². The molecule has 4 rings (SSSR count). The topological polar surface area (TPSA) is 75.7 Å². The highest BCUT2D eigenvalue weighted by molar-refractivity contribution is 6.40. The molecule has 1 aliphatic rings. The second-order valence-electron chi connectivity index (χ2n) is 7.57. The Hall–Kier alpha value is -3.64. The third-order valence-corrected chi connectivity index (χ3v) is 5.49. The number of carbonyl (C=O) groups is 3. The smallest absolute Gasteiger partial charge is 0.266 e. The Balaban J connectivity index is 1.39. The fourth-order valence-corrected chi connectivity index (χ4v) is 3.88. The highest BCUT2D eigenvalue weighted by atomic mass is 35.5. The number of halogens is 1. The lowest BCUT2D eigenvalue weighted by Gasteiger charge is -2.16. The molecule has 162 valence electrons. The lowest BCUT2D eigenvalue weighted by molar-refractivity contribution is -0.116. The van der Waals surface area contributed by atoms with Gasteiger partial charge in [-0.1, -0.05) is 41.4 Å². The maximum absolute atomic E-state index is 12.7. The second kappa shape index (κ2) is 8.85. The summed E-state index contributed by atoms with van der Waals surface area (Å²) in [5.74, 6) is -0.336. The van der Waals surface area contributed by atoms with Gasteiger partial charge in [-0.2, -0.15) is 0 Å². The van der Waals surface area contributed by atoms with E-state index in [1.807, 2.05) is 32.0 Å². The van der Waals surface area contributed by atoms with E-state index in [2.05, 4.69) is 5.32 Å². The Morgan fingerprint density at radius 3 is 2.28 bits per heavy atom. The first-order valence-electron chi connectivity index (χ1n) is 10.1. The van der Waals surface area contributed by atoms with Crippen LogP contribution in [0.5, 0.6) is 5.75 Å². The summed E-state index contributed by atoms with van der Waals surface area (Å²) in [4.78, 5) is 38.7. The molecule has 0 unspecified atom stereocenters.